The molecule has 1 aromatic carbocycles. The number of benzene rings is 1. The molecule has 0 aliphatic carbocycles. The molecule has 1 nitrogen and oxygen atoms in total. The number of ketones is 1. The van der Waals surface area contributed by atoms with Crippen LogP contribution in [-0.2, 0) is 0 Å². The lowest BCUT2D eigenvalue weighted by Crippen LogP contribution is -2.18. The standard InChI is InChI=1S/C14H11Cl3OS/c15-14(16,17)9-11(12-7-4-8-19-12)13(18)10-5-2-1-3-6-10/h1-8,11H,9H2. The molecule has 0 aliphatic rings. The average molecular weight is 334 g/mol. The van der Waals surface area contributed by atoms with Gasteiger partial charge in [-0.25, -0.2) is 0 Å². The van der Waals surface area contributed by atoms with E-state index in [2.05, 4.69) is 0 Å². The maximum absolute atomic E-state index is 12.6. The number of hydrogen-bond acceptors (Lipinski definition) is 2. The summed E-state index contributed by atoms with van der Waals surface area (Å²) in [7, 11) is 0. The van der Waals surface area contributed by atoms with Gasteiger partial charge < -0.3 is 0 Å². The zero-order valence-corrected chi connectivity index (χ0v) is 12.9. The molecule has 2 aromatic rings. The Labute approximate surface area is 131 Å². The van der Waals surface area contributed by atoms with Gasteiger partial charge in [-0.15, -0.1) is 11.3 Å². The Bertz CT molecular complexity index is 532. The molecule has 0 amide bonds. The Morgan fingerprint density at radius 3 is 2.32 bits per heavy atom. The van der Waals surface area contributed by atoms with Crippen molar-refractivity contribution >= 4 is 51.9 Å². The number of rotatable bonds is 4. The van der Waals surface area contributed by atoms with Crippen LogP contribution < -0.4 is 0 Å². The number of halogens is 3. The second-order valence-corrected chi connectivity index (χ2v) is 7.61. The molecule has 1 atom stereocenters. The minimum Gasteiger partial charge on any atom is -0.293 e. The molecule has 0 aliphatic heterocycles. The van der Waals surface area contributed by atoms with Crippen LogP contribution in [0.2, 0.25) is 0 Å². The Hall–Kier alpha value is -0.540. The predicted molar refractivity (Wildman–Crippen MR) is 82.7 cm³/mol. The maximum atomic E-state index is 12.6. The molecule has 5 heteroatoms. The molecule has 0 spiro atoms. The summed E-state index contributed by atoms with van der Waals surface area (Å²) in [6.07, 6.45) is 0.173. The van der Waals surface area contributed by atoms with E-state index in [0.717, 1.165) is 4.88 Å². The first-order valence-electron chi connectivity index (χ1n) is 5.67. The lowest BCUT2D eigenvalue weighted by molar-refractivity contribution is 0.0957. The van der Waals surface area contributed by atoms with Crippen molar-refractivity contribution in [2.24, 2.45) is 0 Å². The summed E-state index contributed by atoms with van der Waals surface area (Å²) >= 11 is 19.1. The van der Waals surface area contributed by atoms with Gasteiger partial charge in [0.1, 0.15) is 0 Å². The fourth-order valence-electron chi connectivity index (χ4n) is 1.85. The molecule has 0 saturated carbocycles. The van der Waals surface area contributed by atoms with Crippen LogP contribution in [0.4, 0.5) is 0 Å². The molecule has 0 bridgehead atoms. The molecule has 2 rings (SSSR count). The summed E-state index contributed by atoms with van der Waals surface area (Å²) in [4.78, 5) is 13.5. The topological polar surface area (TPSA) is 17.1 Å². The van der Waals surface area contributed by atoms with Gasteiger partial charge in [-0.3, -0.25) is 4.79 Å². The van der Waals surface area contributed by atoms with Gasteiger partial charge in [-0.2, -0.15) is 0 Å². The summed E-state index contributed by atoms with van der Waals surface area (Å²) in [5, 5.41) is 1.92. The second kappa shape index (κ2) is 6.27. The summed E-state index contributed by atoms with van der Waals surface area (Å²) in [5.74, 6) is -0.440. The van der Waals surface area contributed by atoms with Crippen LogP contribution in [-0.4, -0.2) is 9.58 Å². The van der Waals surface area contributed by atoms with Crippen molar-refractivity contribution in [1.29, 1.82) is 0 Å². The lowest BCUT2D eigenvalue weighted by atomic mass is 9.93. The highest BCUT2D eigenvalue weighted by molar-refractivity contribution is 7.10. The van der Waals surface area contributed by atoms with Crippen molar-refractivity contribution in [2.45, 2.75) is 16.1 Å². The Morgan fingerprint density at radius 1 is 1.11 bits per heavy atom. The number of carbonyl (C=O) groups is 1. The zero-order chi connectivity index (χ0) is 13.9. The smallest absolute Gasteiger partial charge is 0.191 e. The number of Topliss-reactive ketones (excluding diaryl/α,β-unsaturated/α-hetero) is 1. The monoisotopic (exact) mass is 332 g/mol. The largest absolute Gasteiger partial charge is 0.293 e. The molecule has 1 aromatic heterocycles. The van der Waals surface area contributed by atoms with Gasteiger partial charge in [0.25, 0.3) is 0 Å². The van der Waals surface area contributed by atoms with E-state index in [9.17, 15) is 4.79 Å². The molecular formula is C14H11Cl3OS. The molecule has 0 N–H and O–H groups in total. The van der Waals surface area contributed by atoms with E-state index < -0.39 is 9.71 Å². The third-order valence-corrected chi connectivity index (χ3v) is 4.15. The highest BCUT2D eigenvalue weighted by atomic mass is 35.6. The van der Waals surface area contributed by atoms with Crippen molar-refractivity contribution in [2.75, 3.05) is 0 Å². The lowest BCUT2D eigenvalue weighted by Gasteiger charge is -2.19. The minimum absolute atomic E-state index is 0.0191. The van der Waals surface area contributed by atoms with Crippen LogP contribution in [0, 0.1) is 0 Å². The number of carbonyl (C=O) groups excluding carboxylic acids is 1. The van der Waals surface area contributed by atoms with E-state index in [1.807, 2.05) is 35.7 Å². The first kappa shape index (κ1) is 14.9. The average Bonchev–Trinajstić information content (AvgIpc) is 2.89. The molecular weight excluding hydrogens is 323 g/mol. The van der Waals surface area contributed by atoms with Crippen molar-refractivity contribution in [1.82, 2.24) is 0 Å². The quantitative estimate of drug-likeness (QED) is 0.535. The highest BCUT2D eigenvalue weighted by Gasteiger charge is 2.32. The van der Waals surface area contributed by atoms with Crippen LogP contribution in [0.25, 0.3) is 0 Å². The number of thiophene rings is 1. The van der Waals surface area contributed by atoms with Crippen LogP contribution in [0.5, 0.6) is 0 Å². The van der Waals surface area contributed by atoms with Crippen LogP contribution in [0.3, 0.4) is 0 Å². The van der Waals surface area contributed by atoms with Crippen LogP contribution in [0.15, 0.2) is 47.8 Å². The Kier molecular flexibility index (Phi) is 4.91. The molecule has 1 heterocycles. The van der Waals surface area contributed by atoms with Gasteiger partial charge in [-0.1, -0.05) is 71.2 Å². The maximum Gasteiger partial charge on any atom is 0.191 e. The molecule has 19 heavy (non-hydrogen) atoms. The van der Waals surface area contributed by atoms with Gasteiger partial charge in [0.2, 0.25) is 0 Å². The van der Waals surface area contributed by atoms with Gasteiger partial charge in [-0.05, 0) is 11.4 Å². The number of hydrogen-bond donors (Lipinski definition) is 0. The van der Waals surface area contributed by atoms with E-state index in [-0.39, 0.29) is 12.2 Å². The second-order valence-electron chi connectivity index (χ2n) is 4.12. The fourth-order valence-corrected chi connectivity index (χ4v) is 3.14. The van der Waals surface area contributed by atoms with Crippen molar-refractivity contribution in [3.05, 3.63) is 58.3 Å². The predicted octanol–water partition coefficient (Wildman–Crippen LogP) is 5.47. The Balaban J connectivity index is 2.31. The third-order valence-electron chi connectivity index (χ3n) is 2.70. The molecule has 1 unspecified atom stereocenters. The SMILES string of the molecule is O=C(c1ccccc1)C(CC(Cl)(Cl)Cl)c1cccs1. The Morgan fingerprint density at radius 2 is 1.79 bits per heavy atom. The van der Waals surface area contributed by atoms with Gasteiger partial charge in [0.15, 0.2) is 9.58 Å². The minimum atomic E-state index is -1.45. The summed E-state index contributed by atoms with van der Waals surface area (Å²) in [6, 6.07) is 12.9. The summed E-state index contributed by atoms with van der Waals surface area (Å²) in [6.45, 7) is 0. The van der Waals surface area contributed by atoms with Crippen LogP contribution >= 0.6 is 46.1 Å². The highest BCUT2D eigenvalue weighted by Crippen LogP contribution is 2.40. The first-order valence-corrected chi connectivity index (χ1v) is 7.68. The van der Waals surface area contributed by atoms with Crippen LogP contribution in [0.1, 0.15) is 27.6 Å². The van der Waals surface area contributed by atoms with E-state index in [1.165, 1.54) is 11.3 Å². The number of alkyl halides is 3. The molecule has 0 fully saturated rings. The summed E-state index contributed by atoms with van der Waals surface area (Å²) < 4.78 is -1.45. The fraction of sp³-hybridized carbons (Fsp3) is 0.214. The van der Waals surface area contributed by atoms with Crippen molar-refractivity contribution in [3.63, 3.8) is 0 Å². The van der Waals surface area contributed by atoms with Gasteiger partial charge in [0.05, 0.1) is 5.92 Å². The van der Waals surface area contributed by atoms with E-state index in [1.54, 1.807) is 12.1 Å². The van der Waals surface area contributed by atoms with Gasteiger partial charge >= 0.3 is 0 Å². The zero-order valence-electron chi connectivity index (χ0n) is 9.85. The molecule has 0 radical (unpaired) electrons. The van der Waals surface area contributed by atoms with E-state index >= 15 is 0 Å². The van der Waals surface area contributed by atoms with E-state index in [0.29, 0.717) is 5.56 Å². The normalized spacial score (nSPS) is 13.2. The third kappa shape index (κ3) is 4.22. The molecule has 100 valence electrons. The van der Waals surface area contributed by atoms with Gasteiger partial charge in [0, 0.05) is 16.9 Å². The first-order chi connectivity index (χ1) is 8.97. The van der Waals surface area contributed by atoms with Crippen molar-refractivity contribution in [3.8, 4) is 0 Å². The molecule has 0 saturated heterocycles. The van der Waals surface area contributed by atoms with Crippen molar-refractivity contribution < 1.29 is 4.79 Å². The van der Waals surface area contributed by atoms with E-state index in [4.69, 9.17) is 34.8 Å². The summed E-state index contributed by atoms with van der Waals surface area (Å²) in [5.41, 5.74) is 0.634.